The van der Waals surface area contributed by atoms with Gasteiger partial charge in [0.25, 0.3) is 5.91 Å². The van der Waals surface area contributed by atoms with E-state index in [1.165, 1.54) is 0 Å². The molecule has 1 saturated heterocycles. The van der Waals surface area contributed by atoms with Crippen LogP contribution in [-0.4, -0.2) is 33.2 Å². The van der Waals surface area contributed by atoms with Crippen molar-refractivity contribution in [3.05, 3.63) is 65.5 Å². The van der Waals surface area contributed by atoms with Gasteiger partial charge in [-0.25, -0.2) is 4.98 Å². The Hall–Kier alpha value is -3.15. The van der Waals surface area contributed by atoms with E-state index in [4.69, 9.17) is 0 Å². The van der Waals surface area contributed by atoms with Crippen molar-refractivity contribution in [3.8, 4) is 0 Å². The summed E-state index contributed by atoms with van der Waals surface area (Å²) in [6, 6.07) is 15.1. The monoisotopic (exact) mass is 360 g/mol. The fraction of sp³-hybridized carbons (Fsp3) is 0.286. The number of hydrogen-bond acceptors (Lipinski definition) is 3. The predicted molar refractivity (Wildman–Crippen MR) is 101 cm³/mol. The molecule has 2 N–H and O–H groups in total. The lowest BCUT2D eigenvalue weighted by atomic mass is 10.0. The first kappa shape index (κ1) is 16.1. The number of benzene rings is 2. The van der Waals surface area contributed by atoms with Crippen molar-refractivity contribution < 1.29 is 9.59 Å². The van der Waals surface area contributed by atoms with Gasteiger partial charge in [0, 0.05) is 12.1 Å². The molecule has 2 unspecified atom stereocenters. The molecule has 1 fully saturated rings. The van der Waals surface area contributed by atoms with Gasteiger partial charge in [0.15, 0.2) is 0 Å². The highest BCUT2D eigenvalue weighted by Gasteiger charge is 2.36. The van der Waals surface area contributed by atoms with Crippen LogP contribution in [0.5, 0.6) is 0 Å². The van der Waals surface area contributed by atoms with Gasteiger partial charge < -0.3 is 15.2 Å². The van der Waals surface area contributed by atoms with Gasteiger partial charge in [0.2, 0.25) is 5.91 Å². The molecule has 5 rings (SSSR count). The maximum absolute atomic E-state index is 13.0. The molecule has 2 aliphatic heterocycles. The van der Waals surface area contributed by atoms with E-state index in [0.717, 1.165) is 41.8 Å². The Kier molecular flexibility index (Phi) is 3.70. The second-order valence-electron chi connectivity index (χ2n) is 7.20. The van der Waals surface area contributed by atoms with Gasteiger partial charge in [-0.2, -0.15) is 0 Å². The average molecular weight is 360 g/mol. The highest BCUT2D eigenvalue weighted by atomic mass is 16.2. The third kappa shape index (κ3) is 2.68. The Labute approximate surface area is 156 Å². The third-order valence-corrected chi connectivity index (χ3v) is 5.56. The van der Waals surface area contributed by atoms with Crippen LogP contribution in [0.15, 0.2) is 48.5 Å². The summed E-state index contributed by atoms with van der Waals surface area (Å²) in [6.45, 7) is 0.725. The molecular weight excluding hydrogens is 340 g/mol. The zero-order valence-corrected chi connectivity index (χ0v) is 14.8. The molecule has 0 bridgehead atoms. The van der Waals surface area contributed by atoms with E-state index < -0.39 is 0 Å². The topological polar surface area (TPSA) is 78.1 Å². The molecule has 3 heterocycles. The smallest absolute Gasteiger partial charge is 0.252 e. The SMILES string of the molecule is O=C1NC(CC(=O)N2CCCC2c2nc3ccccc3[nH]2)c2ccccc21. The second kappa shape index (κ2) is 6.23. The van der Waals surface area contributed by atoms with Crippen LogP contribution in [-0.2, 0) is 4.79 Å². The fourth-order valence-electron chi connectivity index (χ4n) is 4.25. The van der Waals surface area contributed by atoms with E-state index in [1.54, 1.807) is 0 Å². The van der Waals surface area contributed by atoms with E-state index >= 15 is 0 Å². The van der Waals surface area contributed by atoms with Gasteiger partial charge in [-0.3, -0.25) is 9.59 Å². The molecule has 0 aliphatic carbocycles. The molecule has 2 aliphatic rings. The zero-order chi connectivity index (χ0) is 18.4. The number of para-hydroxylation sites is 2. The maximum atomic E-state index is 13.0. The Morgan fingerprint density at radius 3 is 2.85 bits per heavy atom. The average Bonchev–Trinajstić information content (AvgIpc) is 3.39. The van der Waals surface area contributed by atoms with E-state index in [2.05, 4.69) is 15.3 Å². The summed E-state index contributed by atoms with van der Waals surface area (Å²) in [5.74, 6) is 0.802. The largest absolute Gasteiger partial charge is 0.345 e. The predicted octanol–water partition coefficient (Wildman–Crippen LogP) is 3.10. The number of imidazole rings is 1. The minimum Gasteiger partial charge on any atom is -0.345 e. The minimum absolute atomic E-state index is 0.0303. The van der Waals surface area contributed by atoms with E-state index in [-0.39, 0.29) is 30.3 Å². The number of aromatic amines is 1. The molecule has 27 heavy (non-hydrogen) atoms. The number of hydrogen-bond donors (Lipinski definition) is 2. The lowest BCUT2D eigenvalue weighted by Gasteiger charge is -2.25. The molecule has 0 radical (unpaired) electrons. The van der Waals surface area contributed by atoms with Crippen molar-refractivity contribution >= 4 is 22.8 Å². The molecule has 1 aromatic heterocycles. The maximum Gasteiger partial charge on any atom is 0.252 e. The van der Waals surface area contributed by atoms with Gasteiger partial charge in [0.1, 0.15) is 5.82 Å². The molecule has 136 valence electrons. The summed E-state index contributed by atoms with van der Waals surface area (Å²) in [5.41, 5.74) is 3.49. The highest BCUT2D eigenvalue weighted by Crippen LogP contribution is 2.34. The number of carbonyl (C=O) groups is 2. The lowest BCUT2D eigenvalue weighted by Crippen LogP contribution is -2.34. The van der Waals surface area contributed by atoms with Crippen LogP contribution < -0.4 is 5.32 Å². The van der Waals surface area contributed by atoms with Crippen LogP contribution in [0.2, 0.25) is 0 Å². The van der Waals surface area contributed by atoms with Crippen LogP contribution in [0.25, 0.3) is 11.0 Å². The van der Waals surface area contributed by atoms with Crippen LogP contribution >= 0.6 is 0 Å². The highest BCUT2D eigenvalue weighted by molar-refractivity contribution is 5.99. The van der Waals surface area contributed by atoms with E-state index in [1.807, 2.05) is 53.4 Å². The normalized spacial score (nSPS) is 21.5. The summed E-state index contributed by atoms with van der Waals surface area (Å²) in [5, 5.41) is 2.94. The molecule has 0 spiro atoms. The van der Waals surface area contributed by atoms with E-state index in [0.29, 0.717) is 5.56 Å². The molecule has 2 atom stereocenters. The number of amides is 2. The molecule has 0 saturated carbocycles. The lowest BCUT2D eigenvalue weighted by molar-refractivity contribution is -0.132. The Bertz CT molecular complexity index is 1010. The number of H-pyrrole nitrogens is 1. The first-order chi connectivity index (χ1) is 13.2. The number of fused-ring (bicyclic) bond motifs is 2. The first-order valence-corrected chi connectivity index (χ1v) is 9.34. The standard InChI is InChI=1S/C21H20N4O2/c26-19(12-17-13-6-1-2-7-14(13)21(27)24-17)25-11-5-10-18(25)20-22-15-8-3-4-9-16(15)23-20/h1-4,6-9,17-18H,5,10-12H2,(H,22,23)(H,24,27). The molecule has 2 aromatic carbocycles. The van der Waals surface area contributed by atoms with Crippen molar-refractivity contribution in [1.29, 1.82) is 0 Å². The summed E-state index contributed by atoms with van der Waals surface area (Å²) < 4.78 is 0. The van der Waals surface area contributed by atoms with Crippen molar-refractivity contribution in [2.45, 2.75) is 31.3 Å². The van der Waals surface area contributed by atoms with Gasteiger partial charge in [-0.1, -0.05) is 30.3 Å². The summed E-state index contributed by atoms with van der Waals surface area (Å²) in [7, 11) is 0. The van der Waals surface area contributed by atoms with Crippen LogP contribution in [0.1, 0.15) is 53.1 Å². The van der Waals surface area contributed by atoms with Crippen LogP contribution in [0.3, 0.4) is 0 Å². The number of likely N-dealkylation sites (tertiary alicyclic amines) is 1. The van der Waals surface area contributed by atoms with Crippen LogP contribution in [0.4, 0.5) is 0 Å². The number of carbonyl (C=O) groups excluding carboxylic acids is 2. The Morgan fingerprint density at radius 2 is 1.96 bits per heavy atom. The van der Waals surface area contributed by atoms with E-state index in [9.17, 15) is 9.59 Å². The van der Waals surface area contributed by atoms with Gasteiger partial charge >= 0.3 is 0 Å². The van der Waals surface area contributed by atoms with Crippen LogP contribution in [0, 0.1) is 0 Å². The van der Waals surface area contributed by atoms with Gasteiger partial charge in [0.05, 0.1) is 29.5 Å². The van der Waals surface area contributed by atoms with Crippen molar-refractivity contribution in [3.63, 3.8) is 0 Å². The minimum atomic E-state index is -0.252. The zero-order valence-electron chi connectivity index (χ0n) is 14.8. The number of aromatic nitrogens is 2. The number of nitrogens with one attached hydrogen (secondary N) is 2. The van der Waals surface area contributed by atoms with Crippen molar-refractivity contribution in [2.24, 2.45) is 0 Å². The quantitative estimate of drug-likeness (QED) is 0.753. The molecular formula is C21H20N4O2. The summed E-state index contributed by atoms with van der Waals surface area (Å²) >= 11 is 0. The number of nitrogens with zero attached hydrogens (tertiary/aromatic N) is 2. The Morgan fingerprint density at radius 1 is 1.15 bits per heavy atom. The summed E-state index contributed by atoms with van der Waals surface area (Å²) in [4.78, 5) is 35.1. The Balaban J connectivity index is 1.37. The van der Waals surface area contributed by atoms with Crippen molar-refractivity contribution in [1.82, 2.24) is 20.2 Å². The van der Waals surface area contributed by atoms with Gasteiger partial charge in [-0.15, -0.1) is 0 Å². The summed E-state index contributed by atoms with van der Waals surface area (Å²) in [6.07, 6.45) is 2.14. The second-order valence-corrected chi connectivity index (χ2v) is 7.20. The molecule has 6 nitrogen and oxygen atoms in total. The number of rotatable bonds is 3. The third-order valence-electron chi connectivity index (χ3n) is 5.56. The molecule has 6 heteroatoms. The molecule has 3 aromatic rings. The van der Waals surface area contributed by atoms with Crippen molar-refractivity contribution in [2.75, 3.05) is 6.54 Å². The fourth-order valence-corrected chi connectivity index (χ4v) is 4.25. The first-order valence-electron chi connectivity index (χ1n) is 9.34. The molecule has 2 amide bonds. The van der Waals surface area contributed by atoms with Gasteiger partial charge in [-0.05, 0) is 36.6 Å².